The summed E-state index contributed by atoms with van der Waals surface area (Å²) in [7, 11) is 1.80. The van der Waals surface area contributed by atoms with E-state index in [1.807, 2.05) is 50.2 Å². The van der Waals surface area contributed by atoms with Gasteiger partial charge in [-0.25, -0.2) is 0 Å². The molecular weight excluding hydrogens is 426 g/mol. The predicted octanol–water partition coefficient (Wildman–Crippen LogP) is 3.79. The molecule has 0 fully saturated rings. The number of carbonyl (C=O) groups excluding carboxylic acids is 1. The maximum absolute atomic E-state index is 12.5. The van der Waals surface area contributed by atoms with Crippen molar-refractivity contribution in [2.45, 2.75) is 25.5 Å². The maximum Gasteiger partial charge on any atom is 0.233 e. The number of aromatic nitrogens is 4. The van der Waals surface area contributed by atoms with Crippen molar-refractivity contribution in [1.82, 2.24) is 25.1 Å². The number of benzene rings is 2. The van der Waals surface area contributed by atoms with Gasteiger partial charge in [0.05, 0.1) is 11.4 Å². The van der Waals surface area contributed by atoms with Crippen molar-refractivity contribution in [1.29, 1.82) is 0 Å². The van der Waals surface area contributed by atoms with Crippen LogP contribution in [0.1, 0.15) is 16.7 Å². The normalized spacial score (nSPS) is 10.8. The van der Waals surface area contributed by atoms with Gasteiger partial charge in [-0.1, -0.05) is 52.0 Å². The summed E-state index contributed by atoms with van der Waals surface area (Å²) in [5, 5.41) is 12.6. The molecule has 0 atom stereocenters. The zero-order valence-electron chi connectivity index (χ0n) is 15.4. The summed E-state index contributed by atoms with van der Waals surface area (Å²) in [6.45, 7) is 4.61. The monoisotopic (exact) mass is 445 g/mol. The molecule has 0 aliphatic heterocycles. The smallest absolute Gasteiger partial charge is 0.233 e. The molecule has 0 saturated carbocycles. The first kappa shape index (κ1) is 19.6. The molecule has 0 saturated heterocycles. The molecule has 0 aliphatic carbocycles. The molecule has 0 aliphatic rings. The molecule has 1 aromatic heterocycles. The minimum absolute atomic E-state index is 0.0263. The third kappa shape index (κ3) is 4.95. The Hall–Kier alpha value is -2.19. The van der Waals surface area contributed by atoms with E-state index in [0.29, 0.717) is 11.7 Å². The number of hydrogen-bond donors (Lipinski definition) is 0. The molecule has 3 rings (SSSR count). The van der Waals surface area contributed by atoms with Crippen LogP contribution in [-0.2, 0) is 11.3 Å². The van der Waals surface area contributed by atoms with Crippen LogP contribution in [0.2, 0.25) is 0 Å². The second-order valence-corrected chi connectivity index (χ2v) is 8.19. The third-order valence-corrected chi connectivity index (χ3v) is 5.55. The van der Waals surface area contributed by atoms with Gasteiger partial charge < -0.3 is 4.90 Å². The summed E-state index contributed by atoms with van der Waals surface area (Å²) in [5.41, 5.74) is 4.22. The molecule has 0 N–H and O–H groups in total. The van der Waals surface area contributed by atoms with Crippen LogP contribution in [0.25, 0.3) is 5.69 Å². The lowest BCUT2D eigenvalue weighted by molar-refractivity contribution is -0.127. The van der Waals surface area contributed by atoms with Crippen LogP contribution < -0.4 is 0 Å². The molecule has 3 aromatic rings. The Morgan fingerprint density at radius 2 is 1.93 bits per heavy atom. The third-order valence-electron chi connectivity index (χ3n) is 4.12. The van der Waals surface area contributed by atoms with Gasteiger partial charge in [-0.3, -0.25) is 4.79 Å². The summed E-state index contributed by atoms with van der Waals surface area (Å²) in [4.78, 5) is 14.2. The highest BCUT2D eigenvalue weighted by molar-refractivity contribution is 9.10. The largest absolute Gasteiger partial charge is 0.341 e. The number of rotatable bonds is 6. The topological polar surface area (TPSA) is 63.9 Å². The molecule has 2 aromatic carbocycles. The fourth-order valence-corrected chi connectivity index (χ4v) is 3.64. The maximum atomic E-state index is 12.5. The van der Waals surface area contributed by atoms with Gasteiger partial charge in [-0.05, 0) is 59.2 Å². The molecule has 1 amide bonds. The van der Waals surface area contributed by atoms with Crippen LogP contribution >= 0.6 is 27.7 Å². The number of aryl methyl sites for hydroxylation is 2. The van der Waals surface area contributed by atoms with E-state index in [4.69, 9.17) is 0 Å². The Bertz CT molecular complexity index is 942. The van der Waals surface area contributed by atoms with E-state index in [0.717, 1.165) is 26.9 Å². The lowest BCUT2D eigenvalue weighted by Gasteiger charge is -2.17. The van der Waals surface area contributed by atoms with Crippen molar-refractivity contribution in [3.8, 4) is 5.69 Å². The second kappa shape index (κ2) is 8.67. The molecule has 27 heavy (non-hydrogen) atoms. The molecule has 1 heterocycles. The van der Waals surface area contributed by atoms with Crippen molar-refractivity contribution in [3.63, 3.8) is 0 Å². The van der Waals surface area contributed by atoms with Gasteiger partial charge in [0.2, 0.25) is 11.1 Å². The fraction of sp³-hybridized carbons (Fsp3) is 0.263. The minimum atomic E-state index is 0.0263. The van der Waals surface area contributed by atoms with E-state index in [1.165, 1.54) is 11.8 Å². The molecular formula is C19H20BrN5OS. The predicted molar refractivity (Wildman–Crippen MR) is 110 cm³/mol. The van der Waals surface area contributed by atoms with Gasteiger partial charge in [-0.15, -0.1) is 5.10 Å². The standard InChI is InChI=1S/C19H20BrN5OS/c1-13-4-5-14(2)17(10-13)25-19(21-22-23-25)27-12-18(26)24(3)11-15-6-8-16(20)9-7-15/h4-10H,11-12H2,1-3H3. The molecule has 6 nitrogen and oxygen atoms in total. The number of tetrazole rings is 1. The quantitative estimate of drug-likeness (QED) is 0.539. The van der Waals surface area contributed by atoms with Gasteiger partial charge >= 0.3 is 0 Å². The van der Waals surface area contributed by atoms with Crippen molar-refractivity contribution in [2.75, 3.05) is 12.8 Å². The zero-order chi connectivity index (χ0) is 19.4. The zero-order valence-corrected chi connectivity index (χ0v) is 17.8. The van der Waals surface area contributed by atoms with E-state index in [2.05, 4.69) is 37.5 Å². The van der Waals surface area contributed by atoms with Crippen LogP contribution in [-0.4, -0.2) is 43.8 Å². The number of thioether (sulfide) groups is 1. The molecule has 8 heteroatoms. The van der Waals surface area contributed by atoms with Crippen molar-refractivity contribution < 1.29 is 4.79 Å². The highest BCUT2D eigenvalue weighted by Gasteiger charge is 2.15. The Kier molecular flexibility index (Phi) is 6.28. The van der Waals surface area contributed by atoms with Crippen LogP contribution in [0.5, 0.6) is 0 Å². The van der Waals surface area contributed by atoms with Crippen LogP contribution in [0.3, 0.4) is 0 Å². The lowest BCUT2D eigenvalue weighted by Crippen LogP contribution is -2.27. The van der Waals surface area contributed by atoms with Gasteiger partial charge in [0.25, 0.3) is 0 Å². The first-order valence-electron chi connectivity index (χ1n) is 8.41. The molecule has 0 bridgehead atoms. The summed E-state index contributed by atoms with van der Waals surface area (Å²) in [6, 6.07) is 14.1. The van der Waals surface area contributed by atoms with Crippen LogP contribution in [0.4, 0.5) is 0 Å². The van der Waals surface area contributed by atoms with Gasteiger partial charge in [0, 0.05) is 18.1 Å². The summed E-state index contributed by atoms with van der Waals surface area (Å²) in [6.07, 6.45) is 0. The minimum Gasteiger partial charge on any atom is -0.341 e. The SMILES string of the molecule is Cc1ccc(C)c(-n2nnnc2SCC(=O)N(C)Cc2ccc(Br)cc2)c1. The summed E-state index contributed by atoms with van der Waals surface area (Å²) in [5.74, 6) is 0.302. The van der Waals surface area contributed by atoms with Gasteiger partial charge in [-0.2, -0.15) is 4.68 Å². The highest BCUT2D eigenvalue weighted by Crippen LogP contribution is 2.22. The van der Waals surface area contributed by atoms with Gasteiger partial charge in [0.15, 0.2) is 0 Å². The Balaban J connectivity index is 1.65. The molecule has 0 unspecified atom stereocenters. The number of nitrogens with zero attached hydrogens (tertiary/aromatic N) is 5. The average molecular weight is 446 g/mol. The van der Waals surface area contributed by atoms with Crippen LogP contribution in [0, 0.1) is 13.8 Å². The summed E-state index contributed by atoms with van der Waals surface area (Å²) < 4.78 is 2.71. The van der Waals surface area contributed by atoms with E-state index in [-0.39, 0.29) is 11.7 Å². The molecule has 0 spiro atoms. The van der Waals surface area contributed by atoms with E-state index < -0.39 is 0 Å². The summed E-state index contributed by atoms with van der Waals surface area (Å²) >= 11 is 4.76. The Morgan fingerprint density at radius 3 is 2.67 bits per heavy atom. The molecule has 0 radical (unpaired) electrons. The highest BCUT2D eigenvalue weighted by atomic mass is 79.9. The van der Waals surface area contributed by atoms with E-state index in [1.54, 1.807) is 16.6 Å². The van der Waals surface area contributed by atoms with Gasteiger partial charge in [0.1, 0.15) is 0 Å². The number of amides is 1. The van der Waals surface area contributed by atoms with Crippen molar-refractivity contribution in [2.24, 2.45) is 0 Å². The number of carbonyl (C=O) groups is 1. The number of halogens is 1. The van der Waals surface area contributed by atoms with Crippen LogP contribution in [0.15, 0.2) is 52.1 Å². The Morgan fingerprint density at radius 1 is 1.19 bits per heavy atom. The second-order valence-electron chi connectivity index (χ2n) is 6.33. The van der Waals surface area contributed by atoms with E-state index >= 15 is 0 Å². The lowest BCUT2D eigenvalue weighted by atomic mass is 10.1. The van der Waals surface area contributed by atoms with Crippen molar-refractivity contribution >= 4 is 33.6 Å². The Labute approximate surface area is 171 Å². The van der Waals surface area contributed by atoms with Crippen molar-refractivity contribution in [3.05, 3.63) is 63.6 Å². The first-order valence-corrected chi connectivity index (χ1v) is 10.2. The number of hydrogen-bond acceptors (Lipinski definition) is 5. The first-order chi connectivity index (χ1) is 12.9. The average Bonchev–Trinajstić information content (AvgIpc) is 3.12. The fourth-order valence-electron chi connectivity index (χ4n) is 2.56. The van der Waals surface area contributed by atoms with E-state index in [9.17, 15) is 4.79 Å². The molecule has 140 valence electrons.